The third-order valence-electron chi connectivity index (χ3n) is 3.02. The number of aromatic nitrogens is 1. The van der Waals surface area contributed by atoms with Crippen molar-refractivity contribution in [2.45, 2.75) is 39.0 Å². The molecule has 1 atom stereocenters. The monoisotopic (exact) mass is 251 g/mol. The first-order valence-electron chi connectivity index (χ1n) is 6.27. The Labute approximate surface area is 108 Å². The zero-order valence-electron chi connectivity index (χ0n) is 11.2. The number of amides is 1. The molecule has 1 aliphatic rings. The molecule has 0 aromatic carbocycles. The molecule has 5 heteroatoms. The van der Waals surface area contributed by atoms with Gasteiger partial charge in [0.25, 0.3) is 0 Å². The molecule has 2 heterocycles. The largest absolute Gasteiger partial charge is 0.444 e. The van der Waals surface area contributed by atoms with Crippen LogP contribution in [0, 0.1) is 0 Å². The maximum atomic E-state index is 12.2. The van der Waals surface area contributed by atoms with Gasteiger partial charge < -0.3 is 15.0 Å². The van der Waals surface area contributed by atoms with Crippen LogP contribution in [0.1, 0.15) is 32.5 Å². The Balaban J connectivity index is 2.17. The quantitative estimate of drug-likeness (QED) is 0.827. The van der Waals surface area contributed by atoms with E-state index in [0.29, 0.717) is 13.1 Å². The van der Waals surface area contributed by atoms with E-state index in [1.807, 2.05) is 39.1 Å². The number of carbonyl (C=O) groups is 1. The molecule has 100 valence electrons. The van der Waals surface area contributed by atoms with Gasteiger partial charge in [-0.15, -0.1) is 0 Å². The molecular formula is C13H21N3O2. The van der Waals surface area contributed by atoms with Crippen LogP contribution < -0.4 is 5.73 Å². The molecule has 2 rings (SSSR count). The Hall–Kier alpha value is -1.49. The molecule has 0 bridgehead atoms. The predicted octanol–water partition coefficient (Wildman–Crippen LogP) is 1.74. The first-order valence-corrected chi connectivity index (χ1v) is 6.27. The van der Waals surface area contributed by atoms with E-state index in [4.69, 9.17) is 10.5 Å². The highest BCUT2D eigenvalue weighted by molar-refractivity contribution is 5.69. The lowest BCUT2D eigenvalue weighted by Crippen LogP contribution is -2.46. The first-order chi connectivity index (χ1) is 8.42. The normalized spacial score (nSPS) is 19.6. The fourth-order valence-corrected chi connectivity index (χ4v) is 2.25. The van der Waals surface area contributed by atoms with Gasteiger partial charge in [0.2, 0.25) is 0 Å². The summed E-state index contributed by atoms with van der Waals surface area (Å²) in [5.74, 6) is 0. The Morgan fingerprint density at radius 1 is 1.50 bits per heavy atom. The minimum atomic E-state index is -0.477. The van der Waals surface area contributed by atoms with Gasteiger partial charge in [-0.2, -0.15) is 0 Å². The lowest BCUT2D eigenvalue weighted by atomic mass is 10.1. The summed E-state index contributed by atoms with van der Waals surface area (Å²) in [5.41, 5.74) is 6.41. The zero-order chi connectivity index (χ0) is 13.3. The van der Waals surface area contributed by atoms with E-state index in [1.165, 1.54) is 0 Å². The van der Waals surface area contributed by atoms with E-state index in [0.717, 1.165) is 12.2 Å². The van der Waals surface area contributed by atoms with E-state index < -0.39 is 5.60 Å². The molecule has 1 aromatic heterocycles. The van der Waals surface area contributed by atoms with Gasteiger partial charge in [0.1, 0.15) is 5.60 Å². The van der Waals surface area contributed by atoms with Crippen molar-refractivity contribution in [3.63, 3.8) is 0 Å². The van der Waals surface area contributed by atoms with Crippen molar-refractivity contribution in [1.29, 1.82) is 0 Å². The molecular weight excluding hydrogens is 230 g/mol. The van der Waals surface area contributed by atoms with Crippen molar-refractivity contribution in [2.24, 2.45) is 5.73 Å². The molecule has 1 amide bonds. The molecule has 5 nitrogen and oxygen atoms in total. The highest BCUT2D eigenvalue weighted by Gasteiger charge is 2.32. The van der Waals surface area contributed by atoms with Crippen LogP contribution in [-0.4, -0.2) is 34.3 Å². The van der Waals surface area contributed by atoms with Crippen molar-refractivity contribution in [3.05, 3.63) is 24.0 Å². The van der Waals surface area contributed by atoms with Crippen LogP contribution in [0.15, 0.2) is 18.3 Å². The second-order valence-corrected chi connectivity index (χ2v) is 5.55. The number of fused-ring (bicyclic) bond motifs is 1. The summed E-state index contributed by atoms with van der Waals surface area (Å²) < 4.78 is 7.56. The minimum absolute atomic E-state index is 0.0939. The molecule has 0 spiro atoms. The number of nitrogens with two attached hydrogens (primary N) is 1. The summed E-state index contributed by atoms with van der Waals surface area (Å²) >= 11 is 0. The van der Waals surface area contributed by atoms with E-state index in [1.54, 1.807) is 4.90 Å². The summed E-state index contributed by atoms with van der Waals surface area (Å²) in [6.07, 6.45) is 1.73. The molecule has 0 fully saturated rings. The molecule has 2 N–H and O–H groups in total. The van der Waals surface area contributed by atoms with Crippen LogP contribution >= 0.6 is 0 Å². The summed E-state index contributed by atoms with van der Waals surface area (Å²) in [7, 11) is 0. The van der Waals surface area contributed by atoms with Crippen LogP contribution in [0.5, 0.6) is 0 Å². The van der Waals surface area contributed by atoms with E-state index >= 15 is 0 Å². The number of carbonyl (C=O) groups excluding carboxylic acids is 1. The topological polar surface area (TPSA) is 60.5 Å². The van der Waals surface area contributed by atoms with Gasteiger partial charge in [-0.3, -0.25) is 4.90 Å². The third-order valence-corrected chi connectivity index (χ3v) is 3.02. The summed E-state index contributed by atoms with van der Waals surface area (Å²) in [4.78, 5) is 13.9. The van der Waals surface area contributed by atoms with E-state index in [2.05, 4.69) is 4.57 Å². The fourth-order valence-electron chi connectivity index (χ4n) is 2.25. The summed E-state index contributed by atoms with van der Waals surface area (Å²) in [6, 6.07) is 3.90. The maximum Gasteiger partial charge on any atom is 0.410 e. The zero-order valence-corrected chi connectivity index (χ0v) is 11.2. The van der Waals surface area contributed by atoms with Gasteiger partial charge in [-0.05, 0) is 32.9 Å². The molecule has 1 aliphatic heterocycles. The molecule has 0 radical (unpaired) electrons. The van der Waals surface area contributed by atoms with Crippen molar-refractivity contribution < 1.29 is 9.53 Å². The molecule has 1 aromatic rings. The van der Waals surface area contributed by atoms with Crippen molar-refractivity contribution in [1.82, 2.24) is 9.47 Å². The Morgan fingerprint density at radius 3 is 2.83 bits per heavy atom. The Bertz CT molecular complexity index is 434. The van der Waals surface area contributed by atoms with E-state index in [9.17, 15) is 4.79 Å². The smallest absolute Gasteiger partial charge is 0.410 e. The second-order valence-electron chi connectivity index (χ2n) is 5.55. The van der Waals surface area contributed by atoms with E-state index in [-0.39, 0.29) is 12.1 Å². The number of rotatable bonds is 1. The number of hydrogen-bond donors (Lipinski definition) is 1. The fraction of sp³-hybridized carbons (Fsp3) is 0.615. The Kier molecular flexibility index (Phi) is 3.34. The van der Waals surface area contributed by atoms with Crippen molar-refractivity contribution >= 4 is 6.09 Å². The molecule has 18 heavy (non-hydrogen) atoms. The maximum absolute atomic E-state index is 12.2. The second kappa shape index (κ2) is 4.65. The van der Waals surface area contributed by atoms with Crippen molar-refractivity contribution in [3.8, 4) is 0 Å². The van der Waals surface area contributed by atoms with Gasteiger partial charge in [0, 0.05) is 31.5 Å². The number of ether oxygens (including phenoxy) is 1. The third kappa shape index (κ3) is 2.51. The average Bonchev–Trinajstić information content (AvgIpc) is 2.72. The molecule has 0 aliphatic carbocycles. The van der Waals surface area contributed by atoms with Crippen LogP contribution in [0.25, 0.3) is 0 Å². The standard InChI is InChI=1S/C13H21N3O2/c1-13(2,3)18-12(17)16-8-7-15-6-4-5-10(15)11(16)9-14/h4-6,11H,7-9,14H2,1-3H3. The average molecular weight is 251 g/mol. The van der Waals surface area contributed by atoms with Gasteiger partial charge in [0.15, 0.2) is 0 Å². The molecule has 1 unspecified atom stereocenters. The molecule has 0 saturated carbocycles. The summed E-state index contributed by atoms with van der Waals surface area (Å²) in [6.45, 7) is 7.44. The number of hydrogen-bond acceptors (Lipinski definition) is 3. The van der Waals surface area contributed by atoms with Crippen LogP contribution in [0.2, 0.25) is 0 Å². The van der Waals surface area contributed by atoms with Crippen LogP contribution in [0.4, 0.5) is 4.79 Å². The Morgan fingerprint density at radius 2 is 2.22 bits per heavy atom. The van der Waals surface area contributed by atoms with Gasteiger partial charge >= 0.3 is 6.09 Å². The summed E-state index contributed by atoms with van der Waals surface area (Å²) in [5, 5.41) is 0. The SMILES string of the molecule is CC(C)(C)OC(=O)N1CCn2cccc2C1CN. The van der Waals surface area contributed by atoms with Crippen molar-refractivity contribution in [2.75, 3.05) is 13.1 Å². The number of nitrogens with zero attached hydrogens (tertiary/aromatic N) is 2. The minimum Gasteiger partial charge on any atom is -0.444 e. The lowest BCUT2D eigenvalue weighted by molar-refractivity contribution is 0.0115. The first kappa shape index (κ1) is 13.0. The lowest BCUT2D eigenvalue weighted by Gasteiger charge is -2.37. The van der Waals surface area contributed by atoms with Crippen LogP contribution in [-0.2, 0) is 11.3 Å². The molecule has 0 saturated heterocycles. The highest BCUT2D eigenvalue weighted by atomic mass is 16.6. The predicted molar refractivity (Wildman–Crippen MR) is 69.2 cm³/mol. The highest BCUT2D eigenvalue weighted by Crippen LogP contribution is 2.26. The van der Waals surface area contributed by atoms with Crippen LogP contribution in [0.3, 0.4) is 0 Å². The van der Waals surface area contributed by atoms with Gasteiger partial charge in [0.05, 0.1) is 6.04 Å². The van der Waals surface area contributed by atoms with Gasteiger partial charge in [-0.25, -0.2) is 4.79 Å². The van der Waals surface area contributed by atoms with Gasteiger partial charge in [-0.1, -0.05) is 0 Å².